The average Bonchev–Trinajstić information content (AvgIpc) is 2.93. The Morgan fingerprint density at radius 3 is 2.78 bits per heavy atom. The molecule has 0 radical (unpaired) electrons. The summed E-state index contributed by atoms with van der Waals surface area (Å²) < 4.78 is 19.7. The van der Waals surface area contributed by atoms with Crippen molar-refractivity contribution < 1.29 is 18.7 Å². The topological polar surface area (TPSA) is 73.2 Å². The maximum absolute atomic E-state index is 13.8. The van der Waals surface area contributed by atoms with E-state index in [9.17, 15) is 14.0 Å². The molecule has 0 aliphatic carbocycles. The van der Waals surface area contributed by atoms with Crippen LogP contribution in [-0.4, -0.2) is 35.3 Å². The number of hydrogen-bond donors (Lipinski definition) is 1. The van der Waals surface area contributed by atoms with Gasteiger partial charge in [-0.15, -0.1) is 0 Å². The van der Waals surface area contributed by atoms with Crippen molar-refractivity contribution in [3.05, 3.63) is 47.5 Å². The summed E-state index contributed by atoms with van der Waals surface area (Å²) in [5, 5.41) is 6.78. The highest BCUT2D eigenvalue weighted by Gasteiger charge is 2.16. The van der Waals surface area contributed by atoms with Gasteiger partial charge in [0.05, 0.1) is 24.6 Å². The molecule has 2 aromatic rings. The molecule has 1 aromatic heterocycles. The van der Waals surface area contributed by atoms with Crippen LogP contribution >= 0.6 is 0 Å². The molecule has 0 bridgehead atoms. The van der Waals surface area contributed by atoms with E-state index in [4.69, 9.17) is 0 Å². The number of esters is 1. The fraction of sp³-hybridized carbons (Fsp3) is 0.312. The average molecular weight is 319 g/mol. The molecule has 6 nitrogen and oxygen atoms in total. The van der Waals surface area contributed by atoms with Crippen LogP contribution in [0.5, 0.6) is 0 Å². The molecule has 1 N–H and O–H groups in total. The van der Waals surface area contributed by atoms with Gasteiger partial charge in [-0.25, -0.2) is 9.07 Å². The molecule has 7 heteroatoms. The molecule has 0 fully saturated rings. The zero-order chi connectivity index (χ0) is 16.8. The van der Waals surface area contributed by atoms with Gasteiger partial charge in [-0.1, -0.05) is 12.1 Å². The van der Waals surface area contributed by atoms with Gasteiger partial charge in [0, 0.05) is 13.0 Å². The van der Waals surface area contributed by atoms with Crippen LogP contribution in [-0.2, 0) is 9.53 Å². The number of methoxy groups -OCH3 is 1. The maximum Gasteiger partial charge on any atom is 0.305 e. The second kappa shape index (κ2) is 7.53. The van der Waals surface area contributed by atoms with Gasteiger partial charge >= 0.3 is 5.97 Å². The number of nitrogens with one attached hydrogen (secondary N) is 1. The zero-order valence-corrected chi connectivity index (χ0v) is 13.0. The number of rotatable bonds is 6. The number of carbonyl (C=O) groups excluding carboxylic acids is 2. The quantitative estimate of drug-likeness (QED) is 0.653. The Morgan fingerprint density at radius 2 is 2.09 bits per heavy atom. The van der Waals surface area contributed by atoms with Crippen LogP contribution in [0.1, 0.15) is 28.9 Å². The highest BCUT2D eigenvalue weighted by atomic mass is 19.1. The van der Waals surface area contributed by atoms with Crippen LogP contribution in [0.2, 0.25) is 0 Å². The van der Waals surface area contributed by atoms with Crippen molar-refractivity contribution >= 4 is 11.9 Å². The summed E-state index contributed by atoms with van der Waals surface area (Å²) in [5.41, 5.74) is 1.20. The lowest BCUT2D eigenvalue weighted by molar-refractivity contribution is -0.140. The highest BCUT2D eigenvalue weighted by molar-refractivity contribution is 5.95. The Balaban J connectivity index is 2.03. The first-order valence-electron chi connectivity index (χ1n) is 7.19. The number of para-hydroxylation sites is 1. The van der Waals surface area contributed by atoms with Gasteiger partial charge in [-0.3, -0.25) is 9.59 Å². The first-order chi connectivity index (χ1) is 11.0. The molecule has 0 unspecified atom stereocenters. The SMILES string of the molecule is COC(=O)CCCNC(=O)c1cnn(-c2ccccc2F)c1C. The van der Waals surface area contributed by atoms with E-state index in [1.807, 2.05) is 0 Å². The maximum atomic E-state index is 13.8. The van der Waals surface area contributed by atoms with Crippen molar-refractivity contribution in [2.75, 3.05) is 13.7 Å². The zero-order valence-electron chi connectivity index (χ0n) is 13.0. The van der Waals surface area contributed by atoms with E-state index in [0.717, 1.165) is 0 Å². The summed E-state index contributed by atoms with van der Waals surface area (Å²) in [5.74, 6) is -1.04. The predicted molar refractivity (Wildman–Crippen MR) is 81.8 cm³/mol. The summed E-state index contributed by atoms with van der Waals surface area (Å²) in [7, 11) is 1.32. The third-order valence-corrected chi connectivity index (χ3v) is 3.41. The Kier molecular flexibility index (Phi) is 5.46. The van der Waals surface area contributed by atoms with Crippen LogP contribution in [0.4, 0.5) is 4.39 Å². The molecular weight excluding hydrogens is 301 g/mol. The van der Waals surface area contributed by atoms with E-state index in [1.54, 1.807) is 25.1 Å². The molecule has 23 heavy (non-hydrogen) atoms. The summed E-state index contributed by atoms with van der Waals surface area (Å²) >= 11 is 0. The van der Waals surface area contributed by atoms with E-state index in [0.29, 0.717) is 24.2 Å². The molecule has 1 amide bonds. The Labute approximate surface area is 133 Å². The minimum Gasteiger partial charge on any atom is -0.469 e. The van der Waals surface area contributed by atoms with Gasteiger partial charge < -0.3 is 10.1 Å². The molecule has 0 spiro atoms. The van der Waals surface area contributed by atoms with Crippen LogP contribution in [0.3, 0.4) is 0 Å². The lowest BCUT2D eigenvalue weighted by atomic mass is 10.2. The number of benzene rings is 1. The van der Waals surface area contributed by atoms with Gasteiger partial charge in [-0.05, 0) is 25.5 Å². The molecule has 1 aromatic carbocycles. The number of ether oxygens (including phenoxy) is 1. The second-order valence-electron chi connectivity index (χ2n) is 4.94. The third-order valence-electron chi connectivity index (χ3n) is 3.41. The number of nitrogens with zero attached hydrogens (tertiary/aromatic N) is 2. The molecular formula is C16H18FN3O3. The van der Waals surface area contributed by atoms with Gasteiger partial charge in [0.1, 0.15) is 11.5 Å². The van der Waals surface area contributed by atoms with E-state index in [1.165, 1.54) is 24.1 Å². The minimum atomic E-state index is -0.413. The van der Waals surface area contributed by atoms with E-state index >= 15 is 0 Å². The molecule has 0 saturated heterocycles. The fourth-order valence-corrected chi connectivity index (χ4v) is 2.13. The van der Waals surface area contributed by atoms with E-state index in [2.05, 4.69) is 15.2 Å². The molecule has 1 heterocycles. The molecule has 122 valence electrons. The van der Waals surface area contributed by atoms with Crippen molar-refractivity contribution in [3.63, 3.8) is 0 Å². The first-order valence-corrected chi connectivity index (χ1v) is 7.19. The summed E-state index contributed by atoms with van der Waals surface area (Å²) in [6, 6.07) is 6.22. The molecule has 0 atom stereocenters. The van der Waals surface area contributed by atoms with Crippen molar-refractivity contribution in [1.29, 1.82) is 0 Å². The molecule has 0 saturated carbocycles. The van der Waals surface area contributed by atoms with Gasteiger partial charge in [0.15, 0.2) is 0 Å². The minimum absolute atomic E-state index is 0.240. The van der Waals surface area contributed by atoms with Gasteiger partial charge in [-0.2, -0.15) is 5.10 Å². The predicted octanol–water partition coefficient (Wildman–Crippen LogP) is 2.00. The Morgan fingerprint density at radius 1 is 1.35 bits per heavy atom. The van der Waals surface area contributed by atoms with Crippen LogP contribution in [0.25, 0.3) is 5.69 Å². The van der Waals surface area contributed by atoms with Crippen molar-refractivity contribution in [2.24, 2.45) is 0 Å². The first kappa shape index (κ1) is 16.7. The molecule has 0 aliphatic heterocycles. The summed E-state index contributed by atoms with van der Waals surface area (Å²) in [6.07, 6.45) is 2.13. The van der Waals surface area contributed by atoms with E-state index in [-0.39, 0.29) is 24.0 Å². The Hall–Kier alpha value is -2.70. The monoisotopic (exact) mass is 319 g/mol. The number of amides is 1. The number of aromatic nitrogens is 2. The number of carbonyl (C=O) groups is 2. The van der Waals surface area contributed by atoms with Crippen molar-refractivity contribution in [2.45, 2.75) is 19.8 Å². The lowest BCUT2D eigenvalue weighted by Gasteiger charge is -2.07. The van der Waals surface area contributed by atoms with E-state index < -0.39 is 5.82 Å². The molecule has 0 aliphatic rings. The second-order valence-corrected chi connectivity index (χ2v) is 4.94. The largest absolute Gasteiger partial charge is 0.469 e. The number of halogens is 1. The molecule has 2 rings (SSSR count). The lowest BCUT2D eigenvalue weighted by Crippen LogP contribution is -2.25. The Bertz CT molecular complexity index is 712. The number of hydrogen-bond acceptors (Lipinski definition) is 4. The smallest absolute Gasteiger partial charge is 0.305 e. The summed E-state index contributed by atoms with van der Waals surface area (Å²) in [6.45, 7) is 2.04. The highest BCUT2D eigenvalue weighted by Crippen LogP contribution is 2.16. The van der Waals surface area contributed by atoms with Crippen molar-refractivity contribution in [1.82, 2.24) is 15.1 Å². The van der Waals surface area contributed by atoms with Gasteiger partial charge in [0.25, 0.3) is 5.91 Å². The standard InChI is InChI=1S/C16H18FN3O3/c1-11-12(16(22)18-9-5-8-15(21)23-2)10-19-20(11)14-7-4-3-6-13(14)17/h3-4,6-7,10H,5,8-9H2,1-2H3,(H,18,22). The third kappa shape index (κ3) is 3.94. The van der Waals surface area contributed by atoms with Crippen LogP contribution < -0.4 is 5.32 Å². The van der Waals surface area contributed by atoms with Crippen LogP contribution in [0.15, 0.2) is 30.5 Å². The van der Waals surface area contributed by atoms with Crippen LogP contribution in [0, 0.1) is 12.7 Å². The summed E-state index contributed by atoms with van der Waals surface area (Å²) in [4.78, 5) is 23.1. The van der Waals surface area contributed by atoms with Gasteiger partial charge in [0.2, 0.25) is 0 Å². The fourth-order valence-electron chi connectivity index (χ4n) is 2.13. The van der Waals surface area contributed by atoms with Crippen molar-refractivity contribution in [3.8, 4) is 5.69 Å². The normalized spacial score (nSPS) is 10.4.